The minimum Gasteiger partial charge on any atom is -0.367 e. The Morgan fingerprint density at radius 1 is 0.957 bits per heavy atom. The van der Waals surface area contributed by atoms with Gasteiger partial charge < -0.3 is 24.6 Å². The zero-order chi connectivity index (χ0) is 33.3. The first kappa shape index (κ1) is 33.7. The largest absolute Gasteiger partial charge is 0.367 e. The number of anilines is 1. The minimum absolute atomic E-state index is 0.00231. The fourth-order valence-electron chi connectivity index (χ4n) is 6.87. The number of imidazole rings is 1. The predicted octanol–water partition coefficient (Wildman–Crippen LogP) is 5.88. The molecule has 3 fully saturated rings. The molecule has 6 rings (SSSR count). The summed E-state index contributed by atoms with van der Waals surface area (Å²) in [5.74, 6) is 0.0339. The number of hydrogen-bond acceptors (Lipinski definition) is 6. The van der Waals surface area contributed by atoms with Crippen LogP contribution in [0.25, 0.3) is 11.3 Å². The van der Waals surface area contributed by atoms with Crippen LogP contribution in [0.15, 0.2) is 59.5 Å². The van der Waals surface area contributed by atoms with Gasteiger partial charge in [0.25, 0.3) is 0 Å². The number of amides is 2. The molecule has 4 heterocycles. The molecule has 0 radical (unpaired) electrons. The number of rotatable bonds is 8. The highest BCUT2D eigenvalue weighted by molar-refractivity contribution is 8.01. The summed E-state index contributed by atoms with van der Waals surface area (Å²) in [6, 6.07) is 15.9. The van der Waals surface area contributed by atoms with Gasteiger partial charge in [-0.25, -0.2) is 4.79 Å². The lowest BCUT2D eigenvalue weighted by Gasteiger charge is -2.37. The van der Waals surface area contributed by atoms with E-state index < -0.39 is 5.25 Å². The Morgan fingerprint density at radius 3 is 2.34 bits per heavy atom. The van der Waals surface area contributed by atoms with Gasteiger partial charge in [0.2, 0.25) is 11.8 Å². The molecule has 3 aromatic rings. The number of benzene rings is 2. The Kier molecular flexibility index (Phi) is 10.1. The van der Waals surface area contributed by atoms with E-state index in [2.05, 4.69) is 48.7 Å². The first-order valence-electron chi connectivity index (χ1n) is 16.8. The molecule has 2 atom stereocenters. The highest BCUT2D eigenvalue weighted by atomic mass is 35.5. The van der Waals surface area contributed by atoms with E-state index in [1.807, 2.05) is 58.5 Å². The van der Waals surface area contributed by atoms with Crippen LogP contribution in [0, 0.1) is 5.41 Å². The van der Waals surface area contributed by atoms with Gasteiger partial charge in [0.1, 0.15) is 5.37 Å². The van der Waals surface area contributed by atoms with Gasteiger partial charge in [-0.15, -0.1) is 11.8 Å². The number of H-pyrrole nitrogens is 1. The number of para-hydroxylation sites is 1. The highest BCUT2D eigenvalue weighted by Crippen LogP contribution is 2.49. The van der Waals surface area contributed by atoms with E-state index in [1.165, 1.54) is 0 Å². The number of nitrogens with zero attached hydrogens (tertiary/aromatic N) is 5. The maximum Gasteiger partial charge on any atom is 0.326 e. The number of thioether (sulfide) groups is 1. The molecule has 3 aliphatic rings. The van der Waals surface area contributed by atoms with Crippen molar-refractivity contribution in [3.05, 3.63) is 75.8 Å². The topological polar surface area (TPSA) is 84.9 Å². The molecule has 47 heavy (non-hydrogen) atoms. The number of likely N-dealkylation sites (tertiary alicyclic amines) is 1. The molecule has 0 aliphatic carbocycles. The smallest absolute Gasteiger partial charge is 0.326 e. The number of carbonyl (C=O) groups is 2. The molecular formula is C36H47ClN6O3S. The molecule has 3 saturated heterocycles. The van der Waals surface area contributed by atoms with Crippen LogP contribution in [-0.2, 0) is 9.59 Å². The number of nitrogens with one attached hydrogen (secondary N) is 1. The summed E-state index contributed by atoms with van der Waals surface area (Å²) in [6.45, 7) is 12.0. The van der Waals surface area contributed by atoms with E-state index in [4.69, 9.17) is 11.6 Å². The number of aromatic nitrogens is 2. The summed E-state index contributed by atoms with van der Waals surface area (Å²) in [5, 5.41) is 0.0435. The molecule has 1 N–H and O–H groups in total. The van der Waals surface area contributed by atoms with Crippen molar-refractivity contribution in [2.75, 3.05) is 57.8 Å². The Balaban J connectivity index is 1.15. The number of hydrogen-bond donors (Lipinski definition) is 1. The maximum absolute atomic E-state index is 14.1. The van der Waals surface area contributed by atoms with Crippen LogP contribution in [-0.4, -0.2) is 94.2 Å². The van der Waals surface area contributed by atoms with Gasteiger partial charge in [0, 0.05) is 70.0 Å². The zero-order valence-corrected chi connectivity index (χ0v) is 29.5. The average Bonchev–Trinajstić information content (AvgIpc) is 3.59. The molecule has 0 spiro atoms. The van der Waals surface area contributed by atoms with Gasteiger partial charge in [0.05, 0.1) is 21.7 Å². The summed E-state index contributed by atoms with van der Waals surface area (Å²) < 4.78 is 1.78. The normalized spacial score (nSPS) is 21.6. The summed E-state index contributed by atoms with van der Waals surface area (Å²) in [6.07, 6.45) is 4.32. The van der Waals surface area contributed by atoms with Gasteiger partial charge in [-0.05, 0) is 43.4 Å². The zero-order valence-electron chi connectivity index (χ0n) is 28.0. The number of piperidine rings is 1. The molecule has 2 aromatic carbocycles. The third-order valence-corrected chi connectivity index (χ3v) is 11.5. The van der Waals surface area contributed by atoms with E-state index in [9.17, 15) is 14.4 Å². The molecule has 2 amide bonds. The number of carbonyl (C=O) groups excluding carboxylic acids is 2. The summed E-state index contributed by atoms with van der Waals surface area (Å²) in [4.78, 5) is 52.1. The monoisotopic (exact) mass is 678 g/mol. The number of halogens is 1. The third-order valence-electron chi connectivity index (χ3n) is 9.74. The van der Waals surface area contributed by atoms with E-state index in [0.717, 1.165) is 55.1 Å². The van der Waals surface area contributed by atoms with E-state index in [-0.39, 0.29) is 40.8 Å². The van der Waals surface area contributed by atoms with Crippen LogP contribution in [0.2, 0.25) is 5.02 Å². The van der Waals surface area contributed by atoms with Crippen molar-refractivity contribution in [2.45, 2.75) is 63.1 Å². The Hall–Kier alpha value is -3.21. The maximum atomic E-state index is 14.1. The molecule has 0 saturated carbocycles. The van der Waals surface area contributed by atoms with Crippen LogP contribution in [0.1, 0.15) is 63.4 Å². The lowest BCUT2D eigenvalue weighted by Crippen LogP contribution is -2.45. The first-order valence-corrected chi connectivity index (χ1v) is 18.1. The molecular weight excluding hydrogens is 632 g/mol. The van der Waals surface area contributed by atoms with Gasteiger partial charge in [-0.1, -0.05) is 74.8 Å². The third kappa shape index (κ3) is 7.60. The van der Waals surface area contributed by atoms with E-state index in [0.29, 0.717) is 37.5 Å². The SMILES string of the molecule is CN1CCN(c2c(Cl)cccc2C2SC(CC(=O)N3CCC(n4cc(-c5ccccc5)[nH]c4=O)CC3)C(=O)N2CCC(C)(C)C)CC1. The number of aromatic amines is 1. The van der Waals surface area contributed by atoms with E-state index >= 15 is 0 Å². The van der Waals surface area contributed by atoms with Crippen molar-refractivity contribution >= 4 is 40.9 Å². The molecule has 3 aliphatic heterocycles. The summed E-state index contributed by atoms with van der Waals surface area (Å²) in [7, 11) is 2.14. The Labute approximate surface area is 287 Å². The minimum atomic E-state index is -0.453. The van der Waals surface area contributed by atoms with Crippen LogP contribution < -0.4 is 10.6 Å². The first-order chi connectivity index (χ1) is 22.5. The molecule has 11 heteroatoms. The lowest BCUT2D eigenvalue weighted by atomic mass is 9.92. The molecule has 2 unspecified atom stereocenters. The molecule has 9 nitrogen and oxygen atoms in total. The molecule has 0 bridgehead atoms. The van der Waals surface area contributed by atoms with Crippen LogP contribution in [0.4, 0.5) is 5.69 Å². The Bertz CT molecular complexity index is 1620. The van der Waals surface area contributed by atoms with E-state index in [1.54, 1.807) is 16.3 Å². The van der Waals surface area contributed by atoms with Crippen LogP contribution in [0.5, 0.6) is 0 Å². The Morgan fingerprint density at radius 2 is 1.66 bits per heavy atom. The second-order valence-corrected chi connectivity index (χ2v) is 16.0. The van der Waals surface area contributed by atoms with Crippen molar-refractivity contribution in [1.29, 1.82) is 0 Å². The summed E-state index contributed by atoms with van der Waals surface area (Å²) in [5.41, 5.74) is 3.77. The van der Waals surface area contributed by atoms with Gasteiger partial charge in [0.15, 0.2) is 0 Å². The lowest BCUT2D eigenvalue weighted by molar-refractivity contribution is -0.136. The van der Waals surface area contributed by atoms with Crippen LogP contribution >= 0.6 is 23.4 Å². The highest BCUT2D eigenvalue weighted by Gasteiger charge is 2.44. The standard InChI is InChI=1S/C36H47ClN6O3S/c1-36(2,3)15-18-42-33(45)30(47-34(42)27-11-8-12-28(37)32(27)41-21-19-39(4)20-22-41)23-31(44)40-16-13-26(14-17-40)43-24-29(38-35(43)46)25-9-6-5-7-10-25/h5-12,24,26,30,34H,13-23H2,1-4H3,(H,38,46). The van der Waals surface area contributed by atoms with Crippen molar-refractivity contribution in [3.8, 4) is 11.3 Å². The van der Waals surface area contributed by atoms with Gasteiger partial charge >= 0.3 is 5.69 Å². The fraction of sp³-hybridized carbons (Fsp3) is 0.528. The summed E-state index contributed by atoms with van der Waals surface area (Å²) >= 11 is 8.47. The number of likely N-dealkylation sites (N-methyl/N-ethyl adjacent to an activating group) is 1. The number of piperazine rings is 1. The van der Waals surface area contributed by atoms with Crippen molar-refractivity contribution in [2.24, 2.45) is 5.41 Å². The second-order valence-electron chi connectivity index (χ2n) is 14.3. The van der Waals surface area contributed by atoms with Crippen molar-refractivity contribution in [1.82, 2.24) is 24.3 Å². The van der Waals surface area contributed by atoms with Crippen molar-refractivity contribution < 1.29 is 9.59 Å². The average molecular weight is 679 g/mol. The van der Waals surface area contributed by atoms with Crippen LogP contribution in [0.3, 0.4) is 0 Å². The molecule has 252 valence electrons. The van der Waals surface area contributed by atoms with Crippen molar-refractivity contribution in [3.63, 3.8) is 0 Å². The second kappa shape index (κ2) is 14.1. The fourth-order valence-corrected chi connectivity index (χ4v) is 8.67. The molecule has 1 aromatic heterocycles. The predicted molar refractivity (Wildman–Crippen MR) is 191 cm³/mol. The van der Waals surface area contributed by atoms with Gasteiger partial charge in [-0.3, -0.25) is 14.2 Å². The van der Waals surface area contributed by atoms with Gasteiger partial charge in [-0.2, -0.15) is 0 Å². The quantitative estimate of drug-likeness (QED) is 0.320.